The molecule has 0 aliphatic rings. The molecule has 0 aliphatic carbocycles. The Labute approximate surface area is 158 Å². The van der Waals surface area contributed by atoms with Crippen LogP contribution in [0, 0.1) is 0 Å². The Morgan fingerprint density at radius 3 is 2.30 bits per heavy atom. The second-order valence-electron chi connectivity index (χ2n) is 5.91. The lowest BCUT2D eigenvalue weighted by Gasteiger charge is -2.14. The highest BCUT2D eigenvalue weighted by Crippen LogP contribution is 2.28. The molecule has 0 fully saturated rings. The topological polar surface area (TPSA) is 59.6 Å². The third kappa shape index (κ3) is 4.58. The molecular formula is C22H22N2O3. The Morgan fingerprint density at radius 2 is 1.56 bits per heavy atom. The Kier molecular flexibility index (Phi) is 5.94. The van der Waals surface area contributed by atoms with Gasteiger partial charge in [-0.05, 0) is 42.0 Å². The van der Waals surface area contributed by atoms with Gasteiger partial charge in [0.1, 0.15) is 0 Å². The first-order chi connectivity index (χ1) is 13.2. The average Bonchev–Trinajstić information content (AvgIpc) is 2.73. The molecule has 3 aromatic rings. The van der Waals surface area contributed by atoms with Gasteiger partial charge < -0.3 is 20.1 Å². The van der Waals surface area contributed by atoms with Gasteiger partial charge in [0.2, 0.25) is 0 Å². The lowest BCUT2D eigenvalue weighted by atomic mass is 10.1. The molecule has 0 saturated carbocycles. The van der Waals surface area contributed by atoms with Crippen LogP contribution in [0.15, 0.2) is 72.8 Å². The van der Waals surface area contributed by atoms with Crippen molar-refractivity contribution in [2.45, 2.75) is 6.54 Å². The van der Waals surface area contributed by atoms with Crippen molar-refractivity contribution in [1.29, 1.82) is 0 Å². The summed E-state index contributed by atoms with van der Waals surface area (Å²) in [7, 11) is 3.22. The van der Waals surface area contributed by atoms with E-state index >= 15 is 0 Å². The minimum atomic E-state index is -0.156. The molecule has 0 spiro atoms. The van der Waals surface area contributed by atoms with E-state index in [1.807, 2.05) is 66.7 Å². The molecular weight excluding hydrogens is 340 g/mol. The molecule has 1 amide bonds. The predicted molar refractivity (Wildman–Crippen MR) is 108 cm³/mol. The monoisotopic (exact) mass is 362 g/mol. The number of hydrogen-bond acceptors (Lipinski definition) is 4. The van der Waals surface area contributed by atoms with Crippen molar-refractivity contribution < 1.29 is 14.3 Å². The van der Waals surface area contributed by atoms with Gasteiger partial charge in [-0.25, -0.2) is 0 Å². The van der Waals surface area contributed by atoms with Crippen LogP contribution < -0.4 is 20.1 Å². The molecule has 27 heavy (non-hydrogen) atoms. The fraction of sp³-hybridized carbons (Fsp3) is 0.136. The van der Waals surface area contributed by atoms with Crippen molar-refractivity contribution in [2.75, 3.05) is 24.9 Å². The summed E-state index contributed by atoms with van der Waals surface area (Å²) in [5, 5.41) is 6.24. The summed E-state index contributed by atoms with van der Waals surface area (Å²) in [6, 6.07) is 22.6. The maximum absolute atomic E-state index is 12.6. The van der Waals surface area contributed by atoms with Crippen LogP contribution in [-0.2, 0) is 6.54 Å². The molecule has 0 unspecified atom stereocenters. The Morgan fingerprint density at radius 1 is 0.852 bits per heavy atom. The lowest BCUT2D eigenvalue weighted by molar-refractivity contribution is 0.102. The zero-order valence-electron chi connectivity index (χ0n) is 15.4. The van der Waals surface area contributed by atoms with Gasteiger partial charge in [-0.15, -0.1) is 0 Å². The van der Waals surface area contributed by atoms with Crippen LogP contribution >= 0.6 is 0 Å². The molecule has 138 valence electrons. The Balaban J connectivity index is 1.73. The molecule has 2 N–H and O–H groups in total. The number of ether oxygens (including phenoxy) is 2. The lowest BCUT2D eigenvalue weighted by Crippen LogP contribution is -2.14. The SMILES string of the molecule is COc1ccc(CNc2ccccc2C(=O)Nc2ccccc2)cc1OC. The van der Waals surface area contributed by atoms with E-state index in [4.69, 9.17) is 9.47 Å². The fourth-order valence-corrected chi connectivity index (χ4v) is 2.74. The Bertz CT molecular complexity index is 910. The van der Waals surface area contributed by atoms with Gasteiger partial charge in [0.25, 0.3) is 5.91 Å². The quantitative estimate of drug-likeness (QED) is 0.646. The number of carbonyl (C=O) groups is 1. The van der Waals surface area contributed by atoms with Gasteiger partial charge in [-0.3, -0.25) is 4.79 Å². The van der Waals surface area contributed by atoms with E-state index in [0.717, 1.165) is 16.9 Å². The van der Waals surface area contributed by atoms with Crippen molar-refractivity contribution in [3.63, 3.8) is 0 Å². The standard InChI is InChI=1S/C22H22N2O3/c1-26-20-13-12-16(14-21(20)27-2)15-23-19-11-7-6-10-18(19)22(25)24-17-8-4-3-5-9-17/h3-14,23H,15H2,1-2H3,(H,24,25). The van der Waals surface area contributed by atoms with E-state index in [9.17, 15) is 4.79 Å². The predicted octanol–water partition coefficient (Wildman–Crippen LogP) is 4.57. The van der Waals surface area contributed by atoms with Crippen molar-refractivity contribution in [3.8, 4) is 11.5 Å². The molecule has 0 atom stereocenters. The molecule has 5 nitrogen and oxygen atoms in total. The molecule has 0 aromatic heterocycles. The number of carbonyl (C=O) groups excluding carboxylic acids is 1. The normalized spacial score (nSPS) is 10.1. The van der Waals surface area contributed by atoms with Crippen LogP contribution in [0.1, 0.15) is 15.9 Å². The highest BCUT2D eigenvalue weighted by Gasteiger charge is 2.11. The van der Waals surface area contributed by atoms with E-state index in [2.05, 4.69) is 10.6 Å². The molecule has 3 aromatic carbocycles. The molecule has 0 aliphatic heterocycles. The van der Waals surface area contributed by atoms with Crippen LogP contribution in [0.3, 0.4) is 0 Å². The highest BCUT2D eigenvalue weighted by atomic mass is 16.5. The second kappa shape index (κ2) is 8.76. The first kappa shape index (κ1) is 18.3. The molecule has 0 bridgehead atoms. The van der Waals surface area contributed by atoms with Gasteiger partial charge in [-0.1, -0.05) is 36.4 Å². The van der Waals surface area contributed by atoms with Crippen molar-refractivity contribution in [3.05, 3.63) is 83.9 Å². The summed E-state index contributed by atoms with van der Waals surface area (Å²) in [6.07, 6.45) is 0. The Hall–Kier alpha value is -3.47. The molecule has 0 saturated heterocycles. The summed E-state index contributed by atoms with van der Waals surface area (Å²) < 4.78 is 10.6. The van der Waals surface area contributed by atoms with Crippen LogP contribution in [-0.4, -0.2) is 20.1 Å². The number of rotatable bonds is 7. The largest absolute Gasteiger partial charge is 0.493 e. The first-order valence-corrected chi connectivity index (χ1v) is 8.61. The van der Waals surface area contributed by atoms with Gasteiger partial charge in [0.05, 0.1) is 19.8 Å². The number of anilines is 2. The summed E-state index contributed by atoms with van der Waals surface area (Å²) in [4.78, 5) is 12.6. The van der Waals surface area contributed by atoms with Gasteiger partial charge in [-0.2, -0.15) is 0 Å². The number of methoxy groups -OCH3 is 2. The zero-order valence-corrected chi connectivity index (χ0v) is 15.4. The van der Waals surface area contributed by atoms with Crippen molar-refractivity contribution in [2.24, 2.45) is 0 Å². The van der Waals surface area contributed by atoms with Crippen molar-refractivity contribution in [1.82, 2.24) is 0 Å². The van der Waals surface area contributed by atoms with Crippen LogP contribution in [0.25, 0.3) is 0 Å². The van der Waals surface area contributed by atoms with Gasteiger partial charge >= 0.3 is 0 Å². The maximum atomic E-state index is 12.6. The van der Waals surface area contributed by atoms with E-state index in [-0.39, 0.29) is 5.91 Å². The van der Waals surface area contributed by atoms with E-state index in [1.54, 1.807) is 20.3 Å². The summed E-state index contributed by atoms with van der Waals surface area (Å²) in [5.41, 5.74) is 3.13. The summed E-state index contributed by atoms with van der Waals surface area (Å²) >= 11 is 0. The summed E-state index contributed by atoms with van der Waals surface area (Å²) in [5.74, 6) is 1.20. The zero-order chi connectivity index (χ0) is 19.1. The third-order valence-electron chi connectivity index (χ3n) is 4.13. The minimum Gasteiger partial charge on any atom is -0.493 e. The van der Waals surface area contributed by atoms with E-state index in [0.29, 0.717) is 23.6 Å². The van der Waals surface area contributed by atoms with Gasteiger partial charge in [0, 0.05) is 17.9 Å². The van der Waals surface area contributed by atoms with Crippen LogP contribution in [0.2, 0.25) is 0 Å². The van der Waals surface area contributed by atoms with E-state index in [1.165, 1.54) is 0 Å². The van der Waals surface area contributed by atoms with E-state index < -0.39 is 0 Å². The minimum absolute atomic E-state index is 0.156. The first-order valence-electron chi connectivity index (χ1n) is 8.61. The number of para-hydroxylation sites is 2. The number of nitrogens with one attached hydrogen (secondary N) is 2. The average molecular weight is 362 g/mol. The molecule has 5 heteroatoms. The smallest absolute Gasteiger partial charge is 0.257 e. The fourth-order valence-electron chi connectivity index (χ4n) is 2.74. The highest BCUT2D eigenvalue weighted by molar-refractivity contribution is 6.08. The van der Waals surface area contributed by atoms with Gasteiger partial charge in [0.15, 0.2) is 11.5 Å². The number of benzene rings is 3. The molecule has 0 radical (unpaired) electrons. The molecule has 0 heterocycles. The molecule has 3 rings (SSSR count). The third-order valence-corrected chi connectivity index (χ3v) is 4.13. The number of amides is 1. The van der Waals surface area contributed by atoms with Crippen LogP contribution in [0.5, 0.6) is 11.5 Å². The number of hydrogen-bond donors (Lipinski definition) is 2. The van der Waals surface area contributed by atoms with Crippen LogP contribution in [0.4, 0.5) is 11.4 Å². The maximum Gasteiger partial charge on any atom is 0.257 e. The summed E-state index contributed by atoms with van der Waals surface area (Å²) in [6.45, 7) is 0.552. The second-order valence-corrected chi connectivity index (χ2v) is 5.91. The van der Waals surface area contributed by atoms with Crippen molar-refractivity contribution >= 4 is 17.3 Å².